The molecule has 2 atom stereocenters. The van der Waals surface area contributed by atoms with E-state index >= 15 is 0 Å². The van der Waals surface area contributed by atoms with Crippen LogP contribution in [-0.2, 0) is 4.79 Å². The van der Waals surface area contributed by atoms with Crippen LogP contribution in [0.4, 0.5) is 0 Å². The maximum Gasteiger partial charge on any atom is 0.141 e. The Kier molecular flexibility index (Phi) is 6.29. The van der Waals surface area contributed by atoms with Crippen molar-refractivity contribution in [2.75, 3.05) is 26.2 Å². The van der Waals surface area contributed by atoms with Crippen molar-refractivity contribution in [2.24, 2.45) is 17.3 Å². The first-order valence-electron chi connectivity index (χ1n) is 9.71. The minimum atomic E-state index is -0.179. The molecule has 2 saturated heterocycles. The van der Waals surface area contributed by atoms with Crippen LogP contribution < -0.4 is 0 Å². The SMILES string of the molecule is CC1CC(N2CCC(C(=O)C(C)(C)C)CC2)CCN(C(C)C)C1. The van der Waals surface area contributed by atoms with Gasteiger partial charge in [-0.15, -0.1) is 0 Å². The first kappa shape index (κ1) is 18.9. The van der Waals surface area contributed by atoms with Gasteiger partial charge in [0, 0.05) is 30.0 Å². The van der Waals surface area contributed by atoms with E-state index in [1.54, 1.807) is 0 Å². The summed E-state index contributed by atoms with van der Waals surface area (Å²) in [7, 11) is 0. The summed E-state index contributed by atoms with van der Waals surface area (Å²) in [4.78, 5) is 17.8. The summed E-state index contributed by atoms with van der Waals surface area (Å²) in [6.45, 7) is 17.9. The van der Waals surface area contributed by atoms with Gasteiger partial charge < -0.3 is 9.80 Å². The first-order valence-corrected chi connectivity index (χ1v) is 9.71. The van der Waals surface area contributed by atoms with Gasteiger partial charge in [-0.1, -0.05) is 27.7 Å². The average Bonchev–Trinajstić information content (AvgIpc) is 2.67. The molecule has 0 saturated carbocycles. The normalized spacial score (nSPS) is 29.7. The lowest BCUT2D eigenvalue weighted by atomic mass is 9.78. The highest BCUT2D eigenvalue weighted by Gasteiger charge is 2.35. The number of Topliss-reactive ketones (excluding diaryl/α,β-unsaturated/α-hetero) is 1. The summed E-state index contributed by atoms with van der Waals surface area (Å²) in [5, 5.41) is 0. The van der Waals surface area contributed by atoms with Gasteiger partial charge in [0.2, 0.25) is 0 Å². The zero-order chi connectivity index (χ0) is 17.2. The Hall–Kier alpha value is -0.410. The van der Waals surface area contributed by atoms with Crippen LogP contribution in [0.5, 0.6) is 0 Å². The van der Waals surface area contributed by atoms with Crippen LogP contribution in [0.25, 0.3) is 0 Å². The molecule has 2 heterocycles. The lowest BCUT2D eigenvalue weighted by Crippen LogP contribution is -2.45. The van der Waals surface area contributed by atoms with Gasteiger partial charge in [0.15, 0.2) is 0 Å². The highest BCUT2D eigenvalue weighted by molar-refractivity contribution is 5.86. The fraction of sp³-hybridized carbons (Fsp3) is 0.950. The molecular weight excluding hydrogens is 284 g/mol. The number of likely N-dealkylation sites (tertiary alicyclic amines) is 2. The third-order valence-corrected chi connectivity index (χ3v) is 5.86. The Balaban J connectivity index is 1.89. The monoisotopic (exact) mass is 322 g/mol. The predicted octanol–water partition coefficient (Wildman–Crippen LogP) is 3.82. The molecule has 0 bridgehead atoms. The molecular formula is C20H38N2O. The molecule has 3 nitrogen and oxygen atoms in total. The van der Waals surface area contributed by atoms with E-state index in [4.69, 9.17) is 0 Å². The lowest BCUT2D eigenvalue weighted by molar-refractivity contribution is -0.132. The second-order valence-electron chi connectivity index (χ2n) is 9.30. The number of carbonyl (C=O) groups excluding carboxylic acids is 1. The number of hydrogen-bond donors (Lipinski definition) is 0. The molecule has 2 fully saturated rings. The van der Waals surface area contributed by atoms with Gasteiger partial charge in [-0.25, -0.2) is 0 Å². The molecule has 0 aliphatic carbocycles. The molecule has 0 aromatic carbocycles. The molecule has 0 radical (unpaired) electrons. The van der Waals surface area contributed by atoms with Crippen LogP contribution in [0.2, 0.25) is 0 Å². The first-order chi connectivity index (χ1) is 10.7. The third kappa shape index (κ3) is 5.03. The molecule has 0 aromatic rings. The Bertz CT molecular complexity index is 391. The van der Waals surface area contributed by atoms with Crippen LogP contribution in [-0.4, -0.2) is 53.8 Å². The van der Waals surface area contributed by atoms with E-state index in [2.05, 4.69) is 51.3 Å². The fourth-order valence-electron chi connectivity index (χ4n) is 4.40. The highest BCUT2D eigenvalue weighted by atomic mass is 16.1. The van der Waals surface area contributed by atoms with Crippen LogP contribution >= 0.6 is 0 Å². The van der Waals surface area contributed by atoms with E-state index in [0.29, 0.717) is 17.7 Å². The number of piperidine rings is 1. The third-order valence-electron chi connectivity index (χ3n) is 5.86. The summed E-state index contributed by atoms with van der Waals surface area (Å²) >= 11 is 0. The van der Waals surface area contributed by atoms with Crippen molar-refractivity contribution in [3.05, 3.63) is 0 Å². The lowest BCUT2D eigenvalue weighted by Gasteiger charge is -2.38. The number of ketones is 1. The highest BCUT2D eigenvalue weighted by Crippen LogP contribution is 2.30. The topological polar surface area (TPSA) is 23.6 Å². The molecule has 23 heavy (non-hydrogen) atoms. The van der Waals surface area contributed by atoms with E-state index in [9.17, 15) is 4.79 Å². The minimum absolute atomic E-state index is 0.179. The van der Waals surface area contributed by atoms with E-state index in [0.717, 1.165) is 37.9 Å². The summed E-state index contributed by atoms with van der Waals surface area (Å²) < 4.78 is 0. The standard InChI is InChI=1S/C20H38N2O/c1-15(2)22-12-9-18(13-16(3)14-22)21-10-7-17(8-11-21)19(23)20(4,5)6/h15-18H,7-14H2,1-6H3. The molecule has 2 aliphatic rings. The van der Waals surface area contributed by atoms with E-state index < -0.39 is 0 Å². The Morgan fingerprint density at radius 2 is 1.65 bits per heavy atom. The molecule has 2 rings (SSSR count). The van der Waals surface area contributed by atoms with E-state index in [-0.39, 0.29) is 5.41 Å². The number of nitrogens with zero attached hydrogens (tertiary/aromatic N) is 2. The number of rotatable bonds is 3. The summed E-state index contributed by atoms with van der Waals surface area (Å²) in [6.07, 6.45) is 4.74. The maximum absolute atomic E-state index is 12.5. The van der Waals surface area contributed by atoms with Crippen molar-refractivity contribution in [3.8, 4) is 0 Å². The smallest absolute Gasteiger partial charge is 0.141 e. The molecule has 2 aliphatic heterocycles. The van der Waals surface area contributed by atoms with Crippen LogP contribution in [0.1, 0.15) is 67.2 Å². The van der Waals surface area contributed by atoms with Crippen molar-refractivity contribution < 1.29 is 4.79 Å². The summed E-state index contributed by atoms with van der Waals surface area (Å²) in [6, 6.07) is 1.38. The molecule has 2 unspecified atom stereocenters. The molecule has 0 N–H and O–H groups in total. The second kappa shape index (κ2) is 7.65. The number of carbonyl (C=O) groups is 1. The zero-order valence-electron chi connectivity index (χ0n) is 16.3. The van der Waals surface area contributed by atoms with Crippen molar-refractivity contribution >= 4 is 5.78 Å². The fourth-order valence-corrected chi connectivity index (χ4v) is 4.40. The number of hydrogen-bond acceptors (Lipinski definition) is 3. The van der Waals surface area contributed by atoms with Crippen molar-refractivity contribution in [3.63, 3.8) is 0 Å². The van der Waals surface area contributed by atoms with Crippen LogP contribution in [0.3, 0.4) is 0 Å². The Morgan fingerprint density at radius 1 is 1.04 bits per heavy atom. The molecule has 0 spiro atoms. The van der Waals surface area contributed by atoms with Gasteiger partial charge in [0.1, 0.15) is 5.78 Å². The van der Waals surface area contributed by atoms with Gasteiger partial charge in [0.05, 0.1) is 0 Å². The predicted molar refractivity (Wildman–Crippen MR) is 97.7 cm³/mol. The van der Waals surface area contributed by atoms with Gasteiger partial charge in [0.25, 0.3) is 0 Å². The zero-order valence-corrected chi connectivity index (χ0v) is 16.3. The molecule has 3 heteroatoms. The van der Waals surface area contributed by atoms with Gasteiger partial charge in [-0.2, -0.15) is 0 Å². The Labute approximate surface area is 143 Å². The van der Waals surface area contributed by atoms with Crippen molar-refractivity contribution in [2.45, 2.75) is 79.3 Å². The largest absolute Gasteiger partial charge is 0.301 e. The van der Waals surface area contributed by atoms with E-state index in [1.165, 1.54) is 25.9 Å². The van der Waals surface area contributed by atoms with Crippen LogP contribution in [0.15, 0.2) is 0 Å². The molecule has 0 aromatic heterocycles. The van der Waals surface area contributed by atoms with Crippen molar-refractivity contribution in [1.82, 2.24) is 9.80 Å². The Morgan fingerprint density at radius 3 is 2.17 bits per heavy atom. The quantitative estimate of drug-likeness (QED) is 0.789. The van der Waals surface area contributed by atoms with Gasteiger partial charge >= 0.3 is 0 Å². The summed E-state index contributed by atoms with van der Waals surface area (Å²) in [5.74, 6) is 1.54. The van der Waals surface area contributed by atoms with Crippen molar-refractivity contribution in [1.29, 1.82) is 0 Å². The maximum atomic E-state index is 12.5. The molecule has 134 valence electrons. The minimum Gasteiger partial charge on any atom is -0.301 e. The average molecular weight is 323 g/mol. The summed E-state index contributed by atoms with van der Waals surface area (Å²) in [5.41, 5.74) is -0.179. The van der Waals surface area contributed by atoms with Gasteiger partial charge in [-0.05, 0) is 65.1 Å². The van der Waals surface area contributed by atoms with Gasteiger partial charge in [-0.3, -0.25) is 4.79 Å². The molecule has 0 amide bonds. The van der Waals surface area contributed by atoms with Crippen LogP contribution in [0, 0.1) is 17.3 Å². The van der Waals surface area contributed by atoms with E-state index in [1.807, 2.05) is 0 Å². The second-order valence-corrected chi connectivity index (χ2v) is 9.30.